The maximum Gasteiger partial charge on any atom is 0.254 e. The predicted molar refractivity (Wildman–Crippen MR) is 101 cm³/mol. The number of rotatable bonds is 6. The van der Waals surface area contributed by atoms with Crippen LogP contribution in [0, 0.1) is 0 Å². The standard InChI is InChI=1S/C17H23N9/c1-3-12-7-16(26-17(24-12)22-11-23-26)19-9-13-5-4-6-25(13)15-8-14(18-2)20-10-21-15/h7-8,10-11,13,19H,3-6,9H2,1-2H3,(H,18,20,21). The molecule has 4 heterocycles. The van der Waals surface area contributed by atoms with Gasteiger partial charge in [-0.2, -0.15) is 14.6 Å². The maximum atomic E-state index is 4.49. The van der Waals surface area contributed by atoms with Gasteiger partial charge in [0.05, 0.1) is 0 Å². The van der Waals surface area contributed by atoms with Gasteiger partial charge in [0.25, 0.3) is 5.78 Å². The predicted octanol–water partition coefficient (Wildman–Crippen LogP) is 1.60. The molecule has 0 aliphatic carbocycles. The topological polar surface area (TPSA) is 96.2 Å². The molecule has 9 heteroatoms. The van der Waals surface area contributed by atoms with Gasteiger partial charge in [0, 0.05) is 44.0 Å². The van der Waals surface area contributed by atoms with Crippen LogP contribution in [0.15, 0.2) is 24.8 Å². The largest absolute Gasteiger partial charge is 0.373 e. The first-order valence-electron chi connectivity index (χ1n) is 8.98. The highest BCUT2D eigenvalue weighted by Gasteiger charge is 2.26. The third kappa shape index (κ3) is 3.12. The molecule has 0 saturated carbocycles. The van der Waals surface area contributed by atoms with E-state index in [0.29, 0.717) is 11.8 Å². The molecule has 2 N–H and O–H groups in total. The minimum absolute atomic E-state index is 0.367. The van der Waals surface area contributed by atoms with Crippen molar-refractivity contribution in [3.05, 3.63) is 30.5 Å². The van der Waals surface area contributed by atoms with E-state index in [-0.39, 0.29) is 0 Å². The van der Waals surface area contributed by atoms with Crippen molar-refractivity contribution in [3.8, 4) is 0 Å². The lowest BCUT2D eigenvalue weighted by Crippen LogP contribution is -2.36. The van der Waals surface area contributed by atoms with Crippen LogP contribution >= 0.6 is 0 Å². The van der Waals surface area contributed by atoms with Crippen molar-refractivity contribution in [1.29, 1.82) is 0 Å². The van der Waals surface area contributed by atoms with E-state index in [1.54, 1.807) is 10.8 Å². The summed E-state index contributed by atoms with van der Waals surface area (Å²) in [4.78, 5) is 19.7. The van der Waals surface area contributed by atoms with E-state index in [4.69, 9.17) is 0 Å². The summed E-state index contributed by atoms with van der Waals surface area (Å²) in [6.07, 6.45) is 6.29. The highest BCUT2D eigenvalue weighted by molar-refractivity contribution is 5.50. The Morgan fingerprint density at radius 3 is 2.96 bits per heavy atom. The van der Waals surface area contributed by atoms with Crippen LogP contribution in [0.3, 0.4) is 0 Å². The van der Waals surface area contributed by atoms with Gasteiger partial charge in [-0.3, -0.25) is 0 Å². The second-order valence-electron chi connectivity index (χ2n) is 6.34. The second-order valence-corrected chi connectivity index (χ2v) is 6.34. The van der Waals surface area contributed by atoms with Crippen LogP contribution < -0.4 is 15.5 Å². The Balaban J connectivity index is 1.53. The highest BCUT2D eigenvalue weighted by Crippen LogP contribution is 2.25. The molecule has 136 valence electrons. The summed E-state index contributed by atoms with van der Waals surface area (Å²) < 4.78 is 1.75. The monoisotopic (exact) mass is 353 g/mol. The summed E-state index contributed by atoms with van der Waals surface area (Å²) >= 11 is 0. The summed E-state index contributed by atoms with van der Waals surface area (Å²) in [5, 5.41) is 10.9. The SMILES string of the molecule is CCc1cc(NCC2CCCN2c2cc(NC)ncn2)n2ncnc2n1. The summed E-state index contributed by atoms with van der Waals surface area (Å²) in [6, 6.07) is 4.41. The molecule has 1 saturated heterocycles. The molecule has 1 fully saturated rings. The fourth-order valence-electron chi connectivity index (χ4n) is 3.38. The number of hydrogen-bond acceptors (Lipinski definition) is 8. The van der Waals surface area contributed by atoms with Crippen molar-refractivity contribution in [1.82, 2.24) is 29.5 Å². The quantitative estimate of drug-likeness (QED) is 0.690. The van der Waals surface area contributed by atoms with Gasteiger partial charge in [-0.25, -0.2) is 15.0 Å². The summed E-state index contributed by atoms with van der Waals surface area (Å²) in [5.41, 5.74) is 1.01. The third-order valence-electron chi connectivity index (χ3n) is 4.77. The molecule has 1 unspecified atom stereocenters. The maximum absolute atomic E-state index is 4.49. The molecule has 9 nitrogen and oxygen atoms in total. The zero-order valence-corrected chi connectivity index (χ0v) is 15.1. The number of aromatic nitrogens is 6. The van der Waals surface area contributed by atoms with E-state index in [0.717, 1.165) is 55.5 Å². The van der Waals surface area contributed by atoms with Crippen LogP contribution in [-0.4, -0.2) is 55.7 Å². The second kappa shape index (κ2) is 7.11. The fraction of sp³-hybridized carbons (Fsp3) is 0.471. The summed E-state index contributed by atoms with van der Waals surface area (Å²) in [7, 11) is 1.87. The summed E-state index contributed by atoms with van der Waals surface area (Å²) in [5.74, 6) is 3.35. The molecule has 3 aromatic rings. The molecule has 1 aliphatic rings. The van der Waals surface area contributed by atoms with Crippen LogP contribution in [-0.2, 0) is 6.42 Å². The minimum Gasteiger partial charge on any atom is -0.373 e. The van der Waals surface area contributed by atoms with Crippen LogP contribution in [0.2, 0.25) is 0 Å². The van der Waals surface area contributed by atoms with Gasteiger partial charge in [-0.15, -0.1) is 0 Å². The van der Waals surface area contributed by atoms with Crippen molar-refractivity contribution in [2.45, 2.75) is 32.2 Å². The normalized spacial score (nSPS) is 17.0. The van der Waals surface area contributed by atoms with Crippen molar-refractivity contribution < 1.29 is 0 Å². The van der Waals surface area contributed by atoms with Gasteiger partial charge in [0.2, 0.25) is 0 Å². The minimum atomic E-state index is 0.367. The molecule has 3 aromatic heterocycles. The molecule has 0 aromatic carbocycles. The van der Waals surface area contributed by atoms with Crippen molar-refractivity contribution >= 4 is 23.2 Å². The Morgan fingerprint density at radius 1 is 1.19 bits per heavy atom. The van der Waals surface area contributed by atoms with Crippen molar-refractivity contribution in [2.75, 3.05) is 35.7 Å². The van der Waals surface area contributed by atoms with Crippen LogP contribution in [0.1, 0.15) is 25.5 Å². The van der Waals surface area contributed by atoms with Gasteiger partial charge < -0.3 is 15.5 Å². The van der Waals surface area contributed by atoms with E-state index >= 15 is 0 Å². The zero-order chi connectivity index (χ0) is 17.9. The molecular weight excluding hydrogens is 330 g/mol. The van der Waals surface area contributed by atoms with E-state index in [1.165, 1.54) is 6.33 Å². The first kappa shape index (κ1) is 16.5. The van der Waals surface area contributed by atoms with E-state index in [2.05, 4.69) is 47.5 Å². The van der Waals surface area contributed by atoms with Crippen LogP contribution in [0.25, 0.3) is 5.78 Å². The van der Waals surface area contributed by atoms with E-state index in [1.807, 2.05) is 19.2 Å². The van der Waals surface area contributed by atoms with Crippen LogP contribution in [0.5, 0.6) is 0 Å². The van der Waals surface area contributed by atoms with Crippen molar-refractivity contribution in [2.24, 2.45) is 0 Å². The Hall–Kier alpha value is -2.97. The lowest BCUT2D eigenvalue weighted by Gasteiger charge is -2.26. The zero-order valence-electron chi connectivity index (χ0n) is 15.1. The summed E-state index contributed by atoms with van der Waals surface area (Å²) in [6.45, 7) is 3.90. The van der Waals surface area contributed by atoms with Gasteiger partial charge in [0.15, 0.2) is 0 Å². The van der Waals surface area contributed by atoms with Gasteiger partial charge in [0.1, 0.15) is 30.1 Å². The number of aryl methyl sites for hydroxylation is 1. The first-order chi connectivity index (χ1) is 12.8. The lowest BCUT2D eigenvalue weighted by atomic mass is 10.2. The Labute approximate surface area is 151 Å². The Bertz CT molecular complexity index is 891. The first-order valence-corrected chi connectivity index (χ1v) is 8.98. The highest BCUT2D eigenvalue weighted by atomic mass is 15.4. The Morgan fingerprint density at radius 2 is 2.12 bits per heavy atom. The number of hydrogen-bond donors (Lipinski definition) is 2. The van der Waals surface area contributed by atoms with Gasteiger partial charge in [-0.05, 0) is 19.3 Å². The molecule has 4 rings (SSSR count). The molecule has 0 amide bonds. The lowest BCUT2D eigenvalue weighted by molar-refractivity contribution is 0.686. The molecule has 26 heavy (non-hydrogen) atoms. The van der Waals surface area contributed by atoms with Crippen molar-refractivity contribution in [3.63, 3.8) is 0 Å². The molecule has 0 bridgehead atoms. The average molecular weight is 353 g/mol. The molecule has 1 aliphatic heterocycles. The Kier molecular flexibility index (Phi) is 4.51. The van der Waals surface area contributed by atoms with Crippen LogP contribution in [0.4, 0.5) is 17.5 Å². The number of nitrogens with zero attached hydrogens (tertiary/aromatic N) is 7. The number of anilines is 3. The van der Waals surface area contributed by atoms with E-state index in [9.17, 15) is 0 Å². The fourth-order valence-corrected chi connectivity index (χ4v) is 3.38. The van der Waals surface area contributed by atoms with E-state index < -0.39 is 0 Å². The smallest absolute Gasteiger partial charge is 0.254 e. The third-order valence-corrected chi connectivity index (χ3v) is 4.77. The number of fused-ring (bicyclic) bond motifs is 1. The molecular formula is C17H23N9. The number of nitrogens with one attached hydrogen (secondary N) is 2. The molecule has 0 spiro atoms. The molecule has 1 atom stereocenters. The van der Waals surface area contributed by atoms with Gasteiger partial charge in [-0.1, -0.05) is 6.92 Å². The molecule has 0 radical (unpaired) electrons. The van der Waals surface area contributed by atoms with Gasteiger partial charge >= 0.3 is 0 Å². The average Bonchev–Trinajstić information content (AvgIpc) is 3.35.